The van der Waals surface area contributed by atoms with Crippen molar-refractivity contribution >= 4 is 29.2 Å². The van der Waals surface area contributed by atoms with Crippen LogP contribution in [0.3, 0.4) is 0 Å². The first-order valence-electron chi connectivity index (χ1n) is 7.76. The average Bonchev–Trinajstić information content (AvgIpc) is 2.47. The van der Waals surface area contributed by atoms with Crippen molar-refractivity contribution < 1.29 is 9.53 Å². The molecule has 0 aliphatic heterocycles. The highest BCUT2D eigenvalue weighted by Crippen LogP contribution is 2.14. The molecule has 0 unspecified atom stereocenters. The normalized spacial score (nSPS) is 11.0. The van der Waals surface area contributed by atoms with Gasteiger partial charge in [0.25, 0.3) is 0 Å². The van der Waals surface area contributed by atoms with Gasteiger partial charge in [0.15, 0.2) is 0 Å². The Morgan fingerprint density at radius 3 is 2.67 bits per heavy atom. The molecule has 0 saturated carbocycles. The second-order valence-corrected chi connectivity index (χ2v) is 6.80. The van der Waals surface area contributed by atoms with E-state index in [1.165, 1.54) is 5.56 Å². The molecule has 0 saturated heterocycles. The SMILES string of the molecule is CC(C)(C)OC(=O)Nc1ccc(NCCc2cccc(Cl)c2)cn1. The van der Waals surface area contributed by atoms with Crippen LogP contribution in [0, 0.1) is 0 Å². The van der Waals surface area contributed by atoms with Gasteiger partial charge >= 0.3 is 6.09 Å². The third-order valence-electron chi connectivity index (χ3n) is 3.02. The van der Waals surface area contributed by atoms with Crippen molar-refractivity contribution in [1.82, 2.24) is 4.98 Å². The number of amides is 1. The standard InChI is InChI=1S/C18H22ClN3O2/c1-18(2,3)24-17(23)22-16-8-7-15(12-21-16)20-10-9-13-5-4-6-14(19)11-13/h4-8,11-12,20H,9-10H2,1-3H3,(H,21,22,23). The summed E-state index contributed by atoms with van der Waals surface area (Å²) in [5, 5.41) is 6.62. The van der Waals surface area contributed by atoms with E-state index >= 15 is 0 Å². The van der Waals surface area contributed by atoms with Crippen LogP contribution in [0.25, 0.3) is 0 Å². The molecule has 1 aromatic heterocycles. The third-order valence-corrected chi connectivity index (χ3v) is 3.26. The fraction of sp³-hybridized carbons (Fsp3) is 0.333. The molecule has 0 bridgehead atoms. The maximum absolute atomic E-state index is 11.7. The van der Waals surface area contributed by atoms with Gasteiger partial charge in [-0.3, -0.25) is 5.32 Å². The highest BCUT2D eigenvalue weighted by atomic mass is 35.5. The Morgan fingerprint density at radius 2 is 2.04 bits per heavy atom. The Labute approximate surface area is 147 Å². The van der Waals surface area contributed by atoms with E-state index in [0.29, 0.717) is 5.82 Å². The van der Waals surface area contributed by atoms with Gasteiger partial charge in [-0.05, 0) is 57.0 Å². The van der Waals surface area contributed by atoms with Crippen LogP contribution in [0.5, 0.6) is 0 Å². The minimum absolute atomic E-state index is 0.449. The molecule has 6 heteroatoms. The fourth-order valence-corrected chi connectivity index (χ4v) is 2.24. The summed E-state index contributed by atoms with van der Waals surface area (Å²) in [5.41, 5.74) is 1.52. The second-order valence-electron chi connectivity index (χ2n) is 6.37. The van der Waals surface area contributed by atoms with Gasteiger partial charge in [0, 0.05) is 11.6 Å². The predicted molar refractivity (Wildman–Crippen MR) is 97.7 cm³/mol. The zero-order chi connectivity index (χ0) is 17.6. The number of halogens is 1. The third kappa shape index (κ3) is 6.46. The zero-order valence-corrected chi connectivity index (χ0v) is 14.9. The highest BCUT2D eigenvalue weighted by Gasteiger charge is 2.16. The molecule has 128 valence electrons. The molecule has 24 heavy (non-hydrogen) atoms. The molecule has 0 fully saturated rings. The van der Waals surface area contributed by atoms with E-state index in [0.717, 1.165) is 23.7 Å². The number of carbonyl (C=O) groups excluding carboxylic acids is 1. The Hall–Kier alpha value is -2.27. The van der Waals surface area contributed by atoms with Crippen molar-refractivity contribution in [2.45, 2.75) is 32.8 Å². The fourth-order valence-electron chi connectivity index (χ4n) is 2.02. The van der Waals surface area contributed by atoms with Crippen LogP contribution in [-0.4, -0.2) is 23.2 Å². The quantitative estimate of drug-likeness (QED) is 0.820. The van der Waals surface area contributed by atoms with E-state index in [9.17, 15) is 4.79 Å². The number of ether oxygens (including phenoxy) is 1. The molecule has 1 aromatic carbocycles. The summed E-state index contributed by atoms with van der Waals surface area (Å²) in [6.45, 7) is 6.20. The minimum Gasteiger partial charge on any atom is -0.444 e. The largest absolute Gasteiger partial charge is 0.444 e. The highest BCUT2D eigenvalue weighted by molar-refractivity contribution is 6.30. The molecule has 2 aromatic rings. The lowest BCUT2D eigenvalue weighted by molar-refractivity contribution is 0.0635. The summed E-state index contributed by atoms with van der Waals surface area (Å²) in [7, 11) is 0. The lowest BCUT2D eigenvalue weighted by Crippen LogP contribution is -2.27. The van der Waals surface area contributed by atoms with Crippen molar-refractivity contribution in [3.8, 4) is 0 Å². The molecule has 0 aliphatic carbocycles. The Morgan fingerprint density at radius 1 is 1.25 bits per heavy atom. The van der Waals surface area contributed by atoms with Gasteiger partial charge in [0.05, 0.1) is 11.9 Å². The van der Waals surface area contributed by atoms with Crippen LogP contribution in [-0.2, 0) is 11.2 Å². The van der Waals surface area contributed by atoms with E-state index in [1.807, 2.05) is 51.1 Å². The number of anilines is 2. The van der Waals surface area contributed by atoms with E-state index in [4.69, 9.17) is 16.3 Å². The minimum atomic E-state index is -0.536. The smallest absolute Gasteiger partial charge is 0.413 e. The monoisotopic (exact) mass is 347 g/mol. The van der Waals surface area contributed by atoms with Crippen LogP contribution in [0.2, 0.25) is 5.02 Å². The summed E-state index contributed by atoms with van der Waals surface area (Å²) in [4.78, 5) is 15.9. The molecule has 5 nitrogen and oxygen atoms in total. The van der Waals surface area contributed by atoms with Crippen molar-refractivity contribution in [3.63, 3.8) is 0 Å². The van der Waals surface area contributed by atoms with Crippen molar-refractivity contribution in [2.75, 3.05) is 17.2 Å². The van der Waals surface area contributed by atoms with Crippen molar-refractivity contribution in [3.05, 3.63) is 53.2 Å². The lowest BCUT2D eigenvalue weighted by atomic mass is 10.1. The Balaban J connectivity index is 1.80. The van der Waals surface area contributed by atoms with Crippen LogP contribution in [0.15, 0.2) is 42.6 Å². The Kier molecular flexibility index (Phi) is 6.04. The summed E-state index contributed by atoms with van der Waals surface area (Å²) in [5.74, 6) is 0.449. The number of benzene rings is 1. The predicted octanol–water partition coefficient (Wildman–Crippen LogP) is 4.74. The van der Waals surface area contributed by atoms with Crippen LogP contribution >= 0.6 is 11.6 Å². The first-order valence-corrected chi connectivity index (χ1v) is 8.14. The molecule has 0 atom stereocenters. The zero-order valence-electron chi connectivity index (χ0n) is 14.1. The molecule has 1 amide bonds. The van der Waals surface area contributed by atoms with E-state index in [-0.39, 0.29) is 0 Å². The van der Waals surface area contributed by atoms with Crippen LogP contribution < -0.4 is 10.6 Å². The number of hydrogen-bond acceptors (Lipinski definition) is 4. The summed E-state index contributed by atoms with van der Waals surface area (Å²) >= 11 is 5.96. The van der Waals surface area contributed by atoms with Crippen molar-refractivity contribution in [1.29, 1.82) is 0 Å². The molecule has 0 aliphatic rings. The molecular weight excluding hydrogens is 326 g/mol. The van der Waals surface area contributed by atoms with Gasteiger partial charge in [-0.1, -0.05) is 23.7 Å². The molecule has 0 spiro atoms. The summed E-state index contributed by atoms with van der Waals surface area (Å²) in [6.07, 6.45) is 2.01. The van der Waals surface area contributed by atoms with E-state index in [2.05, 4.69) is 15.6 Å². The van der Waals surface area contributed by atoms with Crippen LogP contribution in [0.1, 0.15) is 26.3 Å². The maximum Gasteiger partial charge on any atom is 0.413 e. The van der Waals surface area contributed by atoms with Crippen LogP contribution in [0.4, 0.5) is 16.3 Å². The first kappa shape index (κ1) is 18.1. The van der Waals surface area contributed by atoms with Gasteiger partial charge < -0.3 is 10.1 Å². The van der Waals surface area contributed by atoms with Gasteiger partial charge in [0.1, 0.15) is 11.4 Å². The molecular formula is C18H22ClN3O2. The Bertz CT molecular complexity index is 681. The van der Waals surface area contributed by atoms with Gasteiger partial charge in [-0.15, -0.1) is 0 Å². The van der Waals surface area contributed by atoms with Gasteiger partial charge in [-0.2, -0.15) is 0 Å². The van der Waals surface area contributed by atoms with E-state index < -0.39 is 11.7 Å². The topological polar surface area (TPSA) is 63.2 Å². The van der Waals surface area contributed by atoms with Crippen molar-refractivity contribution in [2.24, 2.45) is 0 Å². The van der Waals surface area contributed by atoms with E-state index in [1.54, 1.807) is 12.3 Å². The molecule has 0 radical (unpaired) electrons. The number of aromatic nitrogens is 1. The number of nitrogens with one attached hydrogen (secondary N) is 2. The number of rotatable bonds is 5. The number of carbonyl (C=O) groups is 1. The summed E-state index contributed by atoms with van der Waals surface area (Å²) in [6, 6.07) is 11.4. The van der Waals surface area contributed by atoms with Gasteiger partial charge in [-0.25, -0.2) is 9.78 Å². The number of pyridine rings is 1. The van der Waals surface area contributed by atoms with Gasteiger partial charge in [0.2, 0.25) is 0 Å². The maximum atomic E-state index is 11.7. The molecule has 2 rings (SSSR count). The lowest BCUT2D eigenvalue weighted by Gasteiger charge is -2.19. The average molecular weight is 348 g/mol. The number of hydrogen-bond donors (Lipinski definition) is 2. The number of nitrogens with zero attached hydrogens (tertiary/aromatic N) is 1. The first-order chi connectivity index (χ1) is 11.3. The summed E-state index contributed by atoms with van der Waals surface area (Å²) < 4.78 is 5.18. The second kappa shape index (κ2) is 8.02. The molecule has 2 N–H and O–H groups in total. The molecule has 1 heterocycles.